The van der Waals surface area contributed by atoms with Crippen LogP contribution >= 0.6 is 0 Å². The zero-order valence-corrected chi connectivity index (χ0v) is 12.6. The minimum absolute atomic E-state index is 0.327. The molecule has 0 bridgehead atoms. The molecular formula is C17H28N2. The van der Waals surface area contributed by atoms with E-state index in [0.29, 0.717) is 18.0 Å². The summed E-state index contributed by atoms with van der Waals surface area (Å²) >= 11 is 0. The van der Waals surface area contributed by atoms with Crippen LogP contribution < -0.4 is 10.6 Å². The lowest BCUT2D eigenvalue weighted by Crippen LogP contribution is -2.48. The lowest BCUT2D eigenvalue weighted by Gasteiger charge is -2.37. The standard InChI is InChI=1S/C17H28N2/c1-4-13(2)14-9-11-15(12-10-14)19(3)17-8-6-5-7-16(17)18/h9-13,16-17H,4-8,18H2,1-3H3. The van der Waals surface area contributed by atoms with Gasteiger partial charge >= 0.3 is 0 Å². The molecule has 0 aromatic heterocycles. The normalized spacial score (nSPS) is 25.1. The van der Waals surface area contributed by atoms with E-state index < -0.39 is 0 Å². The van der Waals surface area contributed by atoms with Crippen LogP contribution in [0, 0.1) is 0 Å². The molecule has 2 nitrogen and oxygen atoms in total. The molecule has 3 atom stereocenters. The Bertz CT molecular complexity index is 385. The van der Waals surface area contributed by atoms with E-state index >= 15 is 0 Å². The highest BCUT2D eigenvalue weighted by Gasteiger charge is 2.25. The summed E-state index contributed by atoms with van der Waals surface area (Å²) in [6, 6.07) is 9.88. The van der Waals surface area contributed by atoms with Crippen molar-refractivity contribution in [2.45, 2.75) is 64.0 Å². The van der Waals surface area contributed by atoms with Gasteiger partial charge in [-0.3, -0.25) is 0 Å². The molecule has 1 aliphatic carbocycles. The number of hydrogen-bond acceptors (Lipinski definition) is 2. The van der Waals surface area contributed by atoms with E-state index in [1.165, 1.54) is 43.4 Å². The molecule has 1 aromatic carbocycles. The van der Waals surface area contributed by atoms with E-state index in [1.54, 1.807) is 0 Å². The van der Waals surface area contributed by atoms with Crippen LogP contribution in [-0.4, -0.2) is 19.1 Å². The molecule has 2 heteroatoms. The highest BCUT2D eigenvalue weighted by atomic mass is 15.2. The van der Waals surface area contributed by atoms with Crippen molar-refractivity contribution in [3.8, 4) is 0 Å². The summed E-state index contributed by atoms with van der Waals surface area (Å²) in [6.07, 6.45) is 6.19. The van der Waals surface area contributed by atoms with E-state index in [4.69, 9.17) is 5.73 Å². The van der Waals surface area contributed by atoms with Crippen LogP contribution in [0.5, 0.6) is 0 Å². The molecule has 0 amide bonds. The Balaban J connectivity index is 2.08. The maximum Gasteiger partial charge on any atom is 0.0437 e. The molecular weight excluding hydrogens is 232 g/mol. The van der Waals surface area contributed by atoms with Crippen molar-refractivity contribution in [3.63, 3.8) is 0 Å². The van der Waals surface area contributed by atoms with Crippen LogP contribution in [-0.2, 0) is 0 Å². The number of rotatable bonds is 4. The van der Waals surface area contributed by atoms with Crippen molar-refractivity contribution in [2.75, 3.05) is 11.9 Å². The van der Waals surface area contributed by atoms with Crippen LogP contribution in [0.25, 0.3) is 0 Å². The Morgan fingerprint density at radius 2 is 1.84 bits per heavy atom. The second-order valence-corrected chi connectivity index (χ2v) is 6.03. The zero-order valence-electron chi connectivity index (χ0n) is 12.6. The van der Waals surface area contributed by atoms with Gasteiger partial charge in [0.25, 0.3) is 0 Å². The molecule has 0 radical (unpaired) electrons. The lowest BCUT2D eigenvalue weighted by molar-refractivity contribution is 0.373. The molecule has 2 rings (SSSR count). The summed E-state index contributed by atoms with van der Waals surface area (Å²) in [5, 5.41) is 0. The third kappa shape index (κ3) is 3.30. The van der Waals surface area contributed by atoms with Gasteiger partial charge in [-0.1, -0.05) is 38.8 Å². The van der Waals surface area contributed by atoms with Gasteiger partial charge in [0.1, 0.15) is 0 Å². The average Bonchev–Trinajstić information content (AvgIpc) is 2.46. The lowest BCUT2D eigenvalue weighted by atomic mass is 9.89. The number of nitrogens with zero attached hydrogens (tertiary/aromatic N) is 1. The molecule has 1 fully saturated rings. The summed E-state index contributed by atoms with van der Waals surface area (Å²) in [7, 11) is 2.19. The second kappa shape index (κ2) is 6.42. The third-order valence-corrected chi connectivity index (χ3v) is 4.76. The monoisotopic (exact) mass is 260 g/mol. The van der Waals surface area contributed by atoms with Crippen molar-refractivity contribution in [1.82, 2.24) is 0 Å². The van der Waals surface area contributed by atoms with Crippen molar-refractivity contribution in [3.05, 3.63) is 29.8 Å². The van der Waals surface area contributed by atoms with E-state index in [0.717, 1.165) is 0 Å². The number of anilines is 1. The SMILES string of the molecule is CCC(C)c1ccc(N(C)C2CCCCC2N)cc1. The molecule has 0 spiro atoms. The van der Waals surface area contributed by atoms with Gasteiger partial charge in [-0.25, -0.2) is 0 Å². The first-order chi connectivity index (χ1) is 9.13. The Hall–Kier alpha value is -1.02. The van der Waals surface area contributed by atoms with Gasteiger partial charge in [-0.15, -0.1) is 0 Å². The minimum Gasteiger partial charge on any atom is -0.370 e. The zero-order chi connectivity index (χ0) is 13.8. The fourth-order valence-electron chi connectivity index (χ4n) is 3.09. The number of hydrogen-bond donors (Lipinski definition) is 1. The van der Waals surface area contributed by atoms with Gasteiger partial charge in [0.05, 0.1) is 0 Å². The number of likely N-dealkylation sites (N-methyl/N-ethyl adjacent to an activating group) is 1. The Morgan fingerprint density at radius 1 is 1.21 bits per heavy atom. The van der Waals surface area contributed by atoms with Crippen molar-refractivity contribution in [2.24, 2.45) is 5.73 Å². The first-order valence-electron chi connectivity index (χ1n) is 7.71. The predicted octanol–water partition coefficient (Wildman–Crippen LogP) is 3.91. The number of benzene rings is 1. The summed E-state index contributed by atoms with van der Waals surface area (Å²) in [5.41, 5.74) is 9.01. The molecule has 0 saturated heterocycles. The molecule has 0 aliphatic heterocycles. The van der Waals surface area contributed by atoms with Crippen LogP contribution in [0.4, 0.5) is 5.69 Å². The maximum atomic E-state index is 6.28. The molecule has 106 valence electrons. The summed E-state index contributed by atoms with van der Waals surface area (Å²) in [4.78, 5) is 2.38. The quantitative estimate of drug-likeness (QED) is 0.889. The largest absolute Gasteiger partial charge is 0.370 e. The summed E-state index contributed by atoms with van der Waals surface area (Å²) in [6.45, 7) is 4.53. The van der Waals surface area contributed by atoms with Crippen molar-refractivity contribution in [1.29, 1.82) is 0 Å². The van der Waals surface area contributed by atoms with Crippen LogP contribution in [0.2, 0.25) is 0 Å². The molecule has 3 unspecified atom stereocenters. The molecule has 2 N–H and O–H groups in total. The van der Waals surface area contributed by atoms with Gasteiger partial charge < -0.3 is 10.6 Å². The second-order valence-electron chi connectivity index (χ2n) is 6.03. The van der Waals surface area contributed by atoms with E-state index in [-0.39, 0.29) is 0 Å². The Labute approximate surface area is 118 Å². The fraction of sp³-hybridized carbons (Fsp3) is 0.647. The molecule has 1 aliphatic rings. The van der Waals surface area contributed by atoms with Crippen molar-refractivity contribution >= 4 is 5.69 Å². The highest BCUT2D eigenvalue weighted by molar-refractivity contribution is 5.48. The third-order valence-electron chi connectivity index (χ3n) is 4.76. The van der Waals surface area contributed by atoms with Gasteiger partial charge in [0, 0.05) is 24.8 Å². The average molecular weight is 260 g/mol. The summed E-state index contributed by atoms with van der Waals surface area (Å²) < 4.78 is 0. The number of nitrogens with two attached hydrogens (primary N) is 1. The fourth-order valence-corrected chi connectivity index (χ4v) is 3.09. The van der Waals surface area contributed by atoms with E-state index in [9.17, 15) is 0 Å². The van der Waals surface area contributed by atoms with Crippen LogP contribution in [0.3, 0.4) is 0 Å². The van der Waals surface area contributed by atoms with E-state index in [1.807, 2.05) is 0 Å². The van der Waals surface area contributed by atoms with Gasteiger partial charge in [-0.05, 0) is 42.9 Å². The Morgan fingerprint density at radius 3 is 2.42 bits per heavy atom. The van der Waals surface area contributed by atoms with Gasteiger partial charge in [0.2, 0.25) is 0 Å². The van der Waals surface area contributed by atoms with Gasteiger partial charge in [-0.2, -0.15) is 0 Å². The summed E-state index contributed by atoms with van der Waals surface area (Å²) in [5.74, 6) is 0.649. The van der Waals surface area contributed by atoms with Crippen LogP contribution in [0.15, 0.2) is 24.3 Å². The van der Waals surface area contributed by atoms with Gasteiger partial charge in [0.15, 0.2) is 0 Å². The minimum atomic E-state index is 0.327. The molecule has 1 aromatic rings. The van der Waals surface area contributed by atoms with E-state index in [2.05, 4.69) is 50.1 Å². The highest BCUT2D eigenvalue weighted by Crippen LogP contribution is 2.27. The Kier molecular flexibility index (Phi) is 4.87. The maximum absolute atomic E-state index is 6.28. The molecule has 19 heavy (non-hydrogen) atoms. The molecule has 0 heterocycles. The van der Waals surface area contributed by atoms with Crippen LogP contribution in [0.1, 0.15) is 57.4 Å². The predicted molar refractivity (Wildman–Crippen MR) is 83.8 cm³/mol. The smallest absolute Gasteiger partial charge is 0.0437 e. The van der Waals surface area contributed by atoms with Crippen molar-refractivity contribution < 1.29 is 0 Å². The molecule has 1 saturated carbocycles. The first kappa shape index (κ1) is 14.4. The topological polar surface area (TPSA) is 29.3 Å². The first-order valence-corrected chi connectivity index (χ1v) is 7.71.